The lowest BCUT2D eigenvalue weighted by molar-refractivity contribution is 0.385. The van der Waals surface area contributed by atoms with E-state index in [1.54, 1.807) is 12.3 Å². The lowest BCUT2D eigenvalue weighted by atomic mass is 10.2. The molecule has 0 atom stereocenters. The SMILES string of the molecule is COc1ncc(Cl)cc1S(=O)(=O)Nc1ccc(F)c(NCc2cnc3[nH]ncc3c2)c1F. The van der Waals surface area contributed by atoms with E-state index in [4.69, 9.17) is 16.3 Å². The van der Waals surface area contributed by atoms with E-state index >= 15 is 4.39 Å². The number of pyridine rings is 2. The maximum Gasteiger partial charge on any atom is 0.267 e. The highest BCUT2D eigenvalue weighted by Gasteiger charge is 2.24. The molecule has 3 heterocycles. The van der Waals surface area contributed by atoms with Crippen molar-refractivity contribution in [3.63, 3.8) is 0 Å². The topological polar surface area (TPSA) is 122 Å². The molecule has 0 aliphatic heterocycles. The molecule has 0 unspecified atom stereocenters. The van der Waals surface area contributed by atoms with Crippen molar-refractivity contribution in [3.8, 4) is 5.88 Å². The summed E-state index contributed by atoms with van der Waals surface area (Å²) in [7, 11) is -3.12. The maximum atomic E-state index is 15.0. The Kier molecular flexibility index (Phi) is 5.80. The van der Waals surface area contributed by atoms with E-state index in [1.807, 2.05) is 0 Å². The molecule has 3 N–H and O–H groups in total. The number of rotatable bonds is 7. The number of nitrogens with one attached hydrogen (secondary N) is 3. The fourth-order valence-electron chi connectivity index (χ4n) is 2.92. The number of hydrogen-bond acceptors (Lipinski definition) is 7. The number of aromatic amines is 1. The van der Waals surface area contributed by atoms with Gasteiger partial charge in [0.25, 0.3) is 10.0 Å². The van der Waals surface area contributed by atoms with E-state index in [0.717, 1.165) is 23.6 Å². The molecule has 0 aliphatic rings. The monoisotopic (exact) mass is 480 g/mol. The summed E-state index contributed by atoms with van der Waals surface area (Å²) in [4.78, 5) is 7.54. The van der Waals surface area contributed by atoms with E-state index < -0.39 is 37.9 Å². The van der Waals surface area contributed by atoms with Crippen molar-refractivity contribution >= 4 is 44.0 Å². The molecule has 4 rings (SSSR count). The average Bonchev–Trinajstić information content (AvgIpc) is 3.23. The first kappa shape index (κ1) is 21.7. The van der Waals surface area contributed by atoms with E-state index in [0.29, 0.717) is 11.2 Å². The van der Waals surface area contributed by atoms with Gasteiger partial charge in [0.1, 0.15) is 11.5 Å². The predicted octanol–water partition coefficient (Wildman–Crippen LogP) is 3.71. The molecule has 166 valence electrons. The first-order valence-corrected chi connectivity index (χ1v) is 10.9. The van der Waals surface area contributed by atoms with Crippen LogP contribution in [0.1, 0.15) is 5.56 Å². The minimum absolute atomic E-state index is 0.0319. The summed E-state index contributed by atoms with van der Waals surface area (Å²) in [6.07, 6.45) is 4.30. The summed E-state index contributed by atoms with van der Waals surface area (Å²) in [6, 6.07) is 4.76. The Morgan fingerprint density at radius 1 is 1.16 bits per heavy atom. The van der Waals surface area contributed by atoms with Crippen LogP contribution < -0.4 is 14.8 Å². The van der Waals surface area contributed by atoms with Crippen molar-refractivity contribution in [2.24, 2.45) is 0 Å². The number of fused-ring (bicyclic) bond motifs is 1. The van der Waals surface area contributed by atoms with Crippen molar-refractivity contribution in [2.45, 2.75) is 11.4 Å². The van der Waals surface area contributed by atoms with Gasteiger partial charge in [-0.25, -0.2) is 27.2 Å². The van der Waals surface area contributed by atoms with Gasteiger partial charge < -0.3 is 10.1 Å². The van der Waals surface area contributed by atoms with Crippen LogP contribution in [0.2, 0.25) is 5.02 Å². The number of H-pyrrole nitrogens is 1. The van der Waals surface area contributed by atoms with Gasteiger partial charge in [0.15, 0.2) is 16.4 Å². The van der Waals surface area contributed by atoms with Crippen LogP contribution in [0.15, 0.2) is 47.8 Å². The van der Waals surface area contributed by atoms with Gasteiger partial charge in [-0.2, -0.15) is 5.10 Å². The molecule has 0 radical (unpaired) electrons. The van der Waals surface area contributed by atoms with Gasteiger partial charge >= 0.3 is 0 Å². The first-order valence-electron chi connectivity index (χ1n) is 9.00. The minimum Gasteiger partial charge on any atom is -0.480 e. The Bertz CT molecular complexity index is 1410. The summed E-state index contributed by atoms with van der Waals surface area (Å²) in [5.74, 6) is -2.26. The number of anilines is 2. The number of ether oxygens (including phenoxy) is 1. The van der Waals surface area contributed by atoms with Gasteiger partial charge in [0.2, 0.25) is 5.88 Å². The number of sulfonamides is 1. The highest BCUT2D eigenvalue weighted by atomic mass is 35.5. The molecule has 13 heteroatoms. The van der Waals surface area contributed by atoms with Gasteiger partial charge in [0, 0.05) is 24.3 Å². The van der Waals surface area contributed by atoms with Crippen LogP contribution in [0.3, 0.4) is 0 Å². The summed E-state index contributed by atoms with van der Waals surface area (Å²) in [5.41, 5.74) is 0.236. The van der Waals surface area contributed by atoms with Gasteiger partial charge in [-0.1, -0.05) is 11.6 Å². The Hall–Kier alpha value is -3.51. The van der Waals surface area contributed by atoms with Crippen LogP contribution >= 0.6 is 11.6 Å². The third kappa shape index (κ3) is 4.27. The number of methoxy groups -OCH3 is 1. The van der Waals surface area contributed by atoms with Crippen LogP contribution in [-0.2, 0) is 16.6 Å². The predicted molar refractivity (Wildman–Crippen MR) is 114 cm³/mol. The smallest absolute Gasteiger partial charge is 0.267 e. The molecule has 1 aromatic carbocycles. The molecular weight excluding hydrogens is 466 g/mol. The standard InChI is InChI=1S/C19H15ClF2N6O3S/c1-31-19-15(5-12(20)9-25-19)32(29,30)28-14-3-2-13(21)17(16(14)22)23-6-10-4-11-8-26-27-18(11)24-7-10/h2-5,7-9,23,28H,6H2,1H3,(H,24,26,27). The van der Waals surface area contributed by atoms with E-state index in [2.05, 4.69) is 30.2 Å². The highest BCUT2D eigenvalue weighted by molar-refractivity contribution is 7.92. The zero-order valence-electron chi connectivity index (χ0n) is 16.4. The van der Waals surface area contributed by atoms with Gasteiger partial charge in [-0.15, -0.1) is 0 Å². The van der Waals surface area contributed by atoms with Crippen molar-refractivity contribution in [1.29, 1.82) is 0 Å². The van der Waals surface area contributed by atoms with Crippen molar-refractivity contribution in [3.05, 3.63) is 65.1 Å². The molecule has 0 bridgehead atoms. The van der Waals surface area contributed by atoms with Crippen molar-refractivity contribution in [1.82, 2.24) is 20.2 Å². The lowest BCUT2D eigenvalue weighted by Gasteiger charge is -2.15. The van der Waals surface area contributed by atoms with E-state index in [9.17, 15) is 12.8 Å². The first-order chi connectivity index (χ1) is 15.3. The molecule has 9 nitrogen and oxygen atoms in total. The molecule has 3 aromatic heterocycles. The van der Waals surface area contributed by atoms with Crippen molar-refractivity contribution in [2.75, 3.05) is 17.1 Å². The molecule has 0 spiro atoms. The lowest BCUT2D eigenvalue weighted by Crippen LogP contribution is -2.16. The maximum absolute atomic E-state index is 15.0. The Morgan fingerprint density at radius 2 is 1.97 bits per heavy atom. The van der Waals surface area contributed by atoms with Gasteiger partial charge in [0.05, 0.1) is 24.0 Å². The minimum atomic E-state index is -4.35. The summed E-state index contributed by atoms with van der Waals surface area (Å²) in [5, 5.41) is 9.98. The molecule has 0 saturated carbocycles. The second-order valence-electron chi connectivity index (χ2n) is 6.56. The second-order valence-corrected chi connectivity index (χ2v) is 8.64. The van der Waals surface area contributed by atoms with Crippen LogP contribution in [-0.4, -0.2) is 35.7 Å². The molecule has 4 aromatic rings. The molecule has 0 saturated heterocycles. The number of nitrogens with zero attached hydrogens (tertiary/aromatic N) is 3. The molecule has 0 amide bonds. The summed E-state index contributed by atoms with van der Waals surface area (Å²) < 4.78 is 61.9. The third-order valence-electron chi connectivity index (χ3n) is 4.42. The number of hydrogen-bond donors (Lipinski definition) is 3. The molecular formula is C19H15ClF2N6O3S. The number of benzene rings is 1. The van der Waals surface area contributed by atoms with E-state index in [1.165, 1.54) is 19.5 Å². The van der Waals surface area contributed by atoms with Crippen molar-refractivity contribution < 1.29 is 21.9 Å². The highest BCUT2D eigenvalue weighted by Crippen LogP contribution is 2.31. The van der Waals surface area contributed by atoms with Gasteiger partial charge in [-0.3, -0.25) is 9.82 Å². The summed E-state index contributed by atoms with van der Waals surface area (Å²) >= 11 is 5.83. The Labute approximate surface area is 185 Å². The fourth-order valence-corrected chi connectivity index (χ4v) is 4.34. The molecule has 0 fully saturated rings. The van der Waals surface area contributed by atoms with Gasteiger partial charge in [-0.05, 0) is 29.8 Å². The fraction of sp³-hybridized carbons (Fsp3) is 0.105. The quantitative estimate of drug-likeness (QED) is 0.368. The van der Waals surface area contributed by atoms with Crippen LogP contribution in [0.5, 0.6) is 5.88 Å². The zero-order valence-corrected chi connectivity index (χ0v) is 17.9. The Balaban J connectivity index is 1.61. The largest absolute Gasteiger partial charge is 0.480 e. The summed E-state index contributed by atoms with van der Waals surface area (Å²) in [6.45, 7) is 0.0319. The Morgan fingerprint density at radius 3 is 2.75 bits per heavy atom. The van der Waals surface area contributed by atoms with Crippen LogP contribution in [0.4, 0.5) is 20.2 Å². The molecule has 32 heavy (non-hydrogen) atoms. The molecule has 0 aliphatic carbocycles. The zero-order chi connectivity index (χ0) is 22.9. The van der Waals surface area contributed by atoms with Crippen LogP contribution in [0.25, 0.3) is 11.0 Å². The normalized spacial score (nSPS) is 11.5. The second kappa shape index (κ2) is 8.55. The third-order valence-corrected chi connectivity index (χ3v) is 5.99. The number of halogens is 3. The van der Waals surface area contributed by atoms with E-state index in [-0.39, 0.29) is 17.4 Å². The average molecular weight is 481 g/mol. The van der Waals surface area contributed by atoms with Crippen LogP contribution in [0, 0.1) is 11.6 Å². The number of aromatic nitrogens is 4.